The maximum Gasteiger partial charge on any atom is 0.338 e. The molecule has 8 nitrogen and oxygen atoms in total. The molecule has 0 aliphatic carbocycles. The number of nitrogens with zero attached hydrogens (tertiary/aromatic N) is 2. The van der Waals surface area contributed by atoms with Crippen LogP contribution < -0.4 is 0 Å². The molecule has 3 rings (SSSR count). The molecule has 2 aromatic rings. The fraction of sp³-hybridized carbons (Fsp3) is 0.333. The van der Waals surface area contributed by atoms with E-state index < -0.39 is 23.2 Å². The van der Waals surface area contributed by atoms with E-state index in [1.54, 1.807) is 32.1 Å². The number of ether oxygens (including phenoxy) is 2. The Labute approximate surface area is 196 Å². The molecule has 1 aromatic carbocycles. The third-order valence-electron chi connectivity index (χ3n) is 5.23. The van der Waals surface area contributed by atoms with Crippen molar-refractivity contribution in [1.82, 2.24) is 9.47 Å². The van der Waals surface area contributed by atoms with Crippen LogP contribution in [0.15, 0.2) is 35.2 Å². The summed E-state index contributed by atoms with van der Waals surface area (Å²) in [5.74, 6) is -1.52. The summed E-state index contributed by atoms with van der Waals surface area (Å²) in [5.41, 5.74) is 3.87. The van der Waals surface area contributed by atoms with Crippen molar-refractivity contribution in [2.24, 2.45) is 0 Å². The minimum absolute atomic E-state index is 0.169. The fourth-order valence-corrected chi connectivity index (χ4v) is 4.51. The van der Waals surface area contributed by atoms with Gasteiger partial charge in [0.25, 0.3) is 11.1 Å². The summed E-state index contributed by atoms with van der Waals surface area (Å²) in [4.78, 5) is 50.4. The maximum atomic E-state index is 12.9. The number of benzene rings is 1. The van der Waals surface area contributed by atoms with E-state index in [9.17, 15) is 19.2 Å². The van der Waals surface area contributed by atoms with Gasteiger partial charge in [-0.3, -0.25) is 14.5 Å². The zero-order valence-electron chi connectivity index (χ0n) is 19.2. The number of hydrogen-bond donors (Lipinski definition) is 0. The molecule has 0 N–H and O–H groups in total. The van der Waals surface area contributed by atoms with Gasteiger partial charge in [0.15, 0.2) is 0 Å². The summed E-state index contributed by atoms with van der Waals surface area (Å²) < 4.78 is 12.0. The molecule has 0 radical (unpaired) electrons. The van der Waals surface area contributed by atoms with Crippen molar-refractivity contribution in [2.45, 2.75) is 40.7 Å². The number of hydrogen-bond acceptors (Lipinski definition) is 7. The molecule has 2 amide bonds. The summed E-state index contributed by atoms with van der Waals surface area (Å²) in [6.45, 7) is 9.21. The Hall–Kier alpha value is -3.33. The molecule has 0 unspecified atom stereocenters. The van der Waals surface area contributed by atoms with Crippen LogP contribution in [0.1, 0.15) is 48.1 Å². The van der Waals surface area contributed by atoms with Crippen molar-refractivity contribution in [3.05, 3.63) is 57.8 Å². The van der Waals surface area contributed by atoms with Crippen LogP contribution in [0.5, 0.6) is 0 Å². The zero-order valence-corrected chi connectivity index (χ0v) is 20.0. The Morgan fingerprint density at radius 2 is 1.70 bits per heavy atom. The molecule has 0 bridgehead atoms. The first-order valence-corrected chi connectivity index (χ1v) is 11.4. The molecule has 1 atom stereocenters. The SMILES string of the molecule is CCOC(=O)c1ccc(-n2c(C)cc(/C=C3\SC(=O)N([C@H](C)C(=O)OCC)C3=O)c2C)cc1. The van der Waals surface area contributed by atoms with E-state index in [1.165, 1.54) is 6.92 Å². The van der Waals surface area contributed by atoms with Crippen LogP contribution in [0.4, 0.5) is 4.79 Å². The number of rotatable bonds is 7. The Bertz CT molecular complexity index is 1130. The molecule has 0 spiro atoms. The van der Waals surface area contributed by atoms with Crippen molar-refractivity contribution in [1.29, 1.82) is 0 Å². The monoisotopic (exact) mass is 470 g/mol. The van der Waals surface area contributed by atoms with Crippen LogP contribution in [0, 0.1) is 13.8 Å². The Kier molecular flexibility index (Phi) is 7.43. The highest BCUT2D eigenvalue weighted by molar-refractivity contribution is 8.18. The minimum Gasteiger partial charge on any atom is -0.464 e. The molecule has 1 aliphatic heterocycles. The summed E-state index contributed by atoms with van der Waals surface area (Å²) in [6, 6.07) is 7.98. The first-order chi connectivity index (χ1) is 15.7. The first-order valence-electron chi connectivity index (χ1n) is 10.6. The largest absolute Gasteiger partial charge is 0.464 e. The van der Waals surface area contributed by atoms with Gasteiger partial charge >= 0.3 is 11.9 Å². The van der Waals surface area contributed by atoms with Gasteiger partial charge in [-0.15, -0.1) is 0 Å². The van der Waals surface area contributed by atoms with Gasteiger partial charge < -0.3 is 14.0 Å². The second kappa shape index (κ2) is 10.1. The second-order valence-electron chi connectivity index (χ2n) is 7.41. The van der Waals surface area contributed by atoms with E-state index in [2.05, 4.69) is 0 Å². The van der Waals surface area contributed by atoms with Crippen molar-refractivity contribution in [3.63, 3.8) is 0 Å². The van der Waals surface area contributed by atoms with Gasteiger partial charge in [-0.05, 0) is 88.4 Å². The minimum atomic E-state index is -0.992. The number of carbonyl (C=O) groups is 4. The summed E-state index contributed by atoms with van der Waals surface area (Å²) in [5, 5.41) is -0.504. The third-order valence-corrected chi connectivity index (χ3v) is 6.12. The van der Waals surface area contributed by atoms with Gasteiger partial charge in [-0.1, -0.05) is 0 Å². The molecule has 174 valence electrons. The molecule has 0 saturated carbocycles. The van der Waals surface area contributed by atoms with E-state index in [4.69, 9.17) is 9.47 Å². The van der Waals surface area contributed by atoms with Gasteiger partial charge in [0.05, 0.1) is 23.7 Å². The molecule has 1 fully saturated rings. The number of carbonyl (C=O) groups excluding carboxylic acids is 4. The first kappa shape index (κ1) is 24.3. The molecular formula is C24H26N2O6S. The third kappa shape index (κ3) is 4.88. The van der Waals surface area contributed by atoms with E-state index >= 15 is 0 Å². The Morgan fingerprint density at radius 1 is 1.06 bits per heavy atom. The van der Waals surface area contributed by atoms with E-state index in [-0.39, 0.29) is 17.5 Å². The lowest BCUT2D eigenvalue weighted by atomic mass is 10.2. The molecule has 9 heteroatoms. The molecule has 1 aromatic heterocycles. The van der Waals surface area contributed by atoms with Crippen molar-refractivity contribution < 1.29 is 28.7 Å². The average molecular weight is 471 g/mol. The average Bonchev–Trinajstić information content (AvgIpc) is 3.22. The summed E-state index contributed by atoms with van der Waals surface area (Å²) in [6.07, 6.45) is 1.66. The lowest BCUT2D eigenvalue weighted by Gasteiger charge is -2.19. The Morgan fingerprint density at radius 3 is 2.30 bits per heavy atom. The Balaban J connectivity index is 1.88. The number of esters is 2. The topological polar surface area (TPSA) is 94.9 Å². The predicted octanol–water partition coefficient (Wildman–Crippen LogP) is 4.26. The van der Waals surface area contributed by atoms with E-state index in [1.807, 2.05) is 36.6 Å². The molecular weight excluding hydrogens is 444 g/mol. The smallest absolute Gasteiger partial charge is 0.338 e. The maximum absolute atomic E-state index is 12.9. The zero-order chi connectivity index (χ0) is 24.3. The number of thioether (sulfide) groups is 1. The lowest BCUT2D eigenvalue weighted by Crippen LogP contribution is -2.42. The summed E-state index contributed by atoms with van der Waals surface area (Å²) >= 11 is 0.800. The van der Waals surface area contributed by atoms with Crippen LogP contribution in [-0.2, 0) is 19.1 Å². The highest BCUT2D eigenvalue weighted by atomic mass is 32.2. The molecule has 1 aliphatic rings. The van der Waals surface area contributed by atoms with Crippen LogP contribution in [0.3, 0.4) is 0 Å². The number of aromatic nitrogens is 1. The van der Waals surface area contributed by atoms with Gasteiger partial charge in [-0.2, -0.15) is 0 Å². The standard InChI is InChI=1S/C24H26N2O6S/c1-6-31-22(28)16(5)26-21(27)20(33-24(26)30)13-18-12-14(3)25(15(18)4)19-10-8-17(9-11-19)23(29)32-7-2/h8-13,16H,6-7H2,1-5H3/b20-13-/t16-/m1/s1. The normalized spacial score (nSPS) is 15.8. The van der Waals surface area contributed by atoms with E-state index in [0.29, 0.717) is 12.2 Å². The van der Waals surface area contributed by atoms with E-state index in [0.717, 1.165) is 39.3 Å². The van der Waals surface area contributed by atoms with Gasteiger partial charge in [-0.25, -0.2) is 9.59 Å². The second-order valence-corrected chi connectivity index (χ2v) is 8.40. The number of amides is 2. The predicted molar refractivity (Wildman–Crippen MR) is 125 cm³/mol. The van der Waals surface area contributed by atoms with Crippen molar-refractivity contribution in [3.8, 4) is 5.69 Å². The molecule has 1 saturated heterocycles. The number of aryl methyl sites for hydroxylation is 1. The highest BCUT2D eigenvalue weighted by Crippen LogP contribution is 2.35. The van der Waals surface area contributed by atoms with Gasteiger partial charge in [0.1, 0.15) is 6.04 Å². The van der Waals surface area contributed by atoms with Gasteiger partial charge in [0, 0.05) is 17.1 Å². The van der Waals surface area contributed by atoms with Gasteiger partial charge in [0.2, 0.25) is 0 Å². The fourth-order valence-electron chi connectivity index (χ4n) is 3.62. The lowest BCUT2D eigenvalue weighted by molar-refractivity contribution is -0.150. The van der Waals surface area contributed by atoms with Crippen molar-refractivity contribution in [2.75, 3.05) is 13.2 Å². The number of imide groups is 1. The quantitative estimate of drug-likeness (QED) is 0.441. The van der Waals surface area contributed by atoms with Crippen molar-refractivity contribution >= 4 is 40.9 Å². The molecule has 33 heavy (non-hydrogen) atoms. The van der Waals surface area contributed by atoms with Crippen LogP contribution in [-0.4, -0.2) is 51.8 Å². The molecule has 2 heterocycles. The van der Waals surface area contributed by atoms with Crippen LogP contribution >= 0.6 is 11.8 Å². The van der Waals surface area contributed by atoms with Crippen LogP contribution in [0.25, 0.3) is 11.8 Å². The highest BCUT2D eigenvalue weighted by Gasteiger charge is 2.41. The summed E-state index contributed by atoms with van der Waals surface area (Å²) in [7, 11) is 0. The van der Waals surface area contributed by atoms with Crippen LogP contribution in [0.2, 0.25) is 0 Å².